The van der Waals surface area contributed by atoms with Crippen LogP contribution in [0, 0.1) is 11.3 Å². The van der Waals surface area contributed by atoms with Crippen LogP contribution in [-0.4, -0.2) is 67.7 Å². The Balaban J connectivity index is 1.59. The summed E-state index contributed by atoms with van der Waals surface area (Å²) in [6.07, 6.45) is 8.73. The van der Waals surface area contributed by atoms with Crippen molar-refractivity contribution in [3.05, 3.63) is 0 Å². The van der Waals surface area contributed by atoms with Crippen molar-refractivity contribution >= 4 is 11.9 Å². The average Bonchev–Trinajstić information content (AvgIpc) is 3.03. The SMILES string of the molecule is CCCNC(=O)N1CC(CCC(=O)N2CCOCC2)C2(CCCCC2)C1. The van der Waals surface area contributed by atoms with Gasteiger partial charge in [-0.05, 0) is 37.0 Å². The minimum atomic E-state index is 0.0822. The van der Waals surface area contributed by atoms with Crippen LogP contribution in [0.3, 0.4) is 0 Å². The summed E-state index contributed by atoms with van der Waals surface area (Å²) < 4.78 is 5.35. The van der Waals surface area contributed by atoms with Gasteiger partial charge in [0.15, 0.2) is 0 Å². The topological polar surface area (TPSA) is 61.9 Å². The van der Waals surface area contributed by atoms with E-state index in [-0.39, 0.29) is 17.4 Å². The van der Waals surface area contributed by atoms with Gasteiger partial charge < -0.3 is 19.9 Å². The number of rotatable bonds is 5. The second-order valence-electron chi connectivity index (χ2n) is 8.26. The van der Waals surface area contributed by atoms with Crippen LogP contribution in [0.4, 0.5) is 4.79 Å². The summed E-state index contributed by atoms with van der Waals surface area (Å²) in [5.74, 6) is 0.716. The predicted octanol–water partition coefficient (Wildman–Crippen LogP) is 2.63. The number of nitrogens with one attached hydrogen (secondary N) is 1. The average molecular weight is 366 g/mol. The first-order valence-corrected chi connectivity index (χ1v) is 10.5. The highest BCUT2D eigenvalue weighted by atomic mass is 16.5. The summed E-state index contributed by atoms with van der Waals surface area (Å²) >= 11 is 0. The number of amides is 3. The van der Waals surface area contributed by atoms with Crippen LogP contribution in [0.5, 0.6) is 0 Å². The smallest absolute Gasteiger partial charge is 0.317 e. The van der Waals surface area contributed by atoms with Gasteiger partial charge in [0.2, 0.25) is 5.91 Å². The van der Waals surface area contributed by atoms with Gasteiger partial charge in [0.05, 0.1) is 13.2 Å². The number of carbonyl (C=O) groups is 2. The van der Waals surface area contributed by atoms with E-state index in [1.165, 1.54) is 32.1 Å². The van der Waals surface area contributed by atoms with Crippen molar-refractivity contribution in [3.8, 4) is 0 Å². The summed E-state index contributed by atoms with van der Waals surface area (Å²) in [7, 11) is 0. The van der Waals surface area contributed by atoms with Crippen molar-refractivity contribution < 1.29 is 14.3 Å². The Morgan fingerprint density at radius 3 is 2.54 bits per heavy atom. The van der Waals surface area contributed by atoms with Crippen molar-refractivity contribution in [2.24, 2.45) is 11.3 Å². The maximum atomic E-state index is 12.6. The fourth-order valence-corrected chi connectivity index (χ4v) is 5.02. The van der Waals surface area contributed by atoms with Crippen molar-refractivity contribution in [1.29, 1.82) is 0 Å². The fraction of sp³-hybridized carbons (Fsp3) is 0.900. The van der Waals surface area contributed by atoms with E-state index >= 15 is 0 Å². The molecule has 1 unspecified atom stereocenters. The molecule has 3 fully saturated rings. The number of hydrogen-bond acceptors (Lipinski definition) is 3. The van der Waals surface area contributed by atoms with Crippen LogP contribution in [-0.2, 0) is 9.53 Å². The maximum Gasteiger partial charge on any atom is 0.317 e. The summed E-state index contributed by atoms with van der Waals surface area (Å²) in [6, 6.07) is 0.0822. The molecule has 6 heteroatoms. The van der Waals surface area contributed by atoms with Crippen LogP contribution in [0.25, 0.3) is 0 Å². The monoisotopic (exact) mass is 365 g/mol. The quantitative estimate of drug-likeness (QED) is 0.815. The number of urea groups is 1. The van der Waals surface area contributed by atoms with Crippen LogP contribution in [0.15, 0.2) is 0 Å². The Labute approximate surface area is 157 Å². The van der Waals surface area contributed by atoms with Gasteiger partial charge in [0.1, 0.15) is 0 Å². The maximum absolute atomic E-state index is 12.6. The lowest BCUT2D eigenvalue weighted by atomic mass is 9.66. The normalized spacial score (nSPS) is 25.5. The molecule has 2 saturated heterocycles. The van der Waals surface area contributed by atoms with Gasteiger partial charge in [-0.15, -0.1) is 0 Å². The lowest BCUT2D eigenvalue weighted by Crippen LogP contribution is -2.41. The van der Waals surface area contributed by atoms with Crippen LogP contribution >= 0.6 is 0 Å². The number of likely N-dealkylation sites (tertiary alicyclic amines) is 1. The molecule has 2 heterocycles. The zero-order valence-corrected chi connectivity index (χ0v) is 16.3. The largest absolute Gasteiger partial charge is 0.378 e. The lowest BCUT2D eigenvalue weighted by molar-refractivity contribution is -0.135. The molecule has 2 aliphatic heterocycles. The zero-order chi connectivity index (χ0) is 18.4. The molecule has 26 heavy (non-hydrogen) atoms. The molecule has 0 aromatic carbocycles. The van der Waals surface area contributed by atoms with Crippen LogP contribution < -0.4 is 5.32 Å². The number of morpholine rings is 1. The van der Waals surface area contributed by atoms with E-state index < -0.39 is 0 Å². The van der Waals surface area contributed by atoms with Crippen LogP contribution in [0.1, 0.15) is 58.3 Å². The summed E-state index contributed by atoms with van der Waals surface area (Å²) in [6.45, 7) is 7.26. The standard InChI is InChI=1S/C20H35N3O3/c1-2-10-21-19(25)23-15-17(20(16-23)8-4-3-5-9-20)6-7-18(24)22-11-13-26-14-12-22/h17H,2-16H2,1H3,(H,21,25). The lowest BCUT2D eigenvalue weighted by Gasteiger charge is -2.38. The molecular weight excluding hydrogens is 330 g/mol. The van der Waals surface area contributed by atoms with E-state index in [2.05, 4.69) is 12.2 Å². The van der Waals surface area contributed by atoms with E-state index in [4.69, 9.17) is 4.74 Å². The van der Waals surface area contributed by atoms with Crippen molar-refractivity contribution in [3.63, 3.8) is 0 Å². The van der Waals surface area contributed by atoms with Crippen molar-refractivity contribution in [2.45, 2.75) is 58.3 Å². The van der Waals surface area contributed by atoms with Gasteiger partial charge >= 0.3 is 6.03 Å². The molecule has 1 spiro atoms. The minimum absolute atomic E-state index is 0.0822. The van der Waals surface area contributed by atoms with Gasteiger partial charge in [-0.25, -0.2) is 4.79 Å². The molecule has 3 aliphatic rings. The molecule has 3 amide bonds. The van der Waals surface area contributed by atoms with Crippen LogP contribution in [0.2, 0.25) is 0 Å². The van der Waals surface area contributed by atoms with E-state index in [1.54, 1.807) is 0 Å². The molecule has 148 valence electrons. The molecule has 1 atom stereocenters. The highest BCUT2D eigenvalue weighted by molar-refractivity contribution is 5.76. The zero-order valence-electron chi connectivity index (χ0n) is 16.3. The molecule has 0 radical (unpaired) electrons. The molecule has 1 saturated carbocycles. The molecule has 0 bridgehead atoms. The second kappa shape index (κ2) is 9.07. The van der Waals surface area contributed by atoms with E-state index in [1.807, 2.05) is 9.80 Å². The number of carbonyl (C=O) groups excluding carboxylic acids is 2. The molecule has 1 aliphatic carbocycles. The van der Waals surface area contributed by atoms with E-state index in [0.29, 0.717) is 25.6 Å². The Bertz CT molecular complexity index is 485. The van der Waals surface area contributed by atoms with Gasteiger partial charge in [0.25, 0.3) is 0 Å². The first-order chi connectivity index (χ1) is 12.6. The fourth-order valence-electron chi connectivity index (χ4n) is 5.02. The molecule has 0 aromatic rings. The van der Waals surface area contributed by atoms with Gasteiger partial charge in [-0.3, -0.25) is 4.79 Å². The van der Waals surface area contributed by atoms with E-state index in [0.717, 1.165) is 45.6 Å². The number of nitrogens with zero attached hydrogens (tertiary/aromatic N) is 2. The van der Waals surface area contributed by atoms with Crippen molar-refractivity contribution in [1.82, 2.24) is 15.1 Å². The highest BCUT2D eigenvalue weighted by Crippen LogP contribution is 2.49. The molecule has 6 nitrogen and oxygen atoms in total. The molecule has 1 N–H and O–H groups in total. The first-order valence-electron chi connectivity index (χ1n) is 10.5. The molecular formula is C20H35N3O3. The van der Waals surface area contributed by atoms with E-state index in [9.17, 15) is 9.59 Å². The third-order valence-corrected chi connectivity index (χ3v) is 6.55. The van der Waals surface area contributed by atoms with Gasteiger partial charge in [-0.2, -0.15) is 0 Å². The van der Waals surface area contributed by atoms with Gasteiger partial charge in [0, 0.05) is 39.1 Å². The third-order valence-electron chi connectivity index (χ3n) is 6.55. The Morgan fingerprint density at radius 2 is 1.85 bits per heavy atom. The summed E-state index contributed by atoms with van der Waals surface area (Å²) in [5.41, 5.74) is 0.243. The molecule has 3 rings (SSSR count). The number of ether oxygens (including phenoxy) is 1. The predicted molar refractivity (Wildman–Crippen MR) is 101 cm³/mol. The van der Waals surface area contributed by atoms with Crippen molar-refractivity contribution in [2.75, 3.05) is 45.9 Å². The van der Waals surface area contributed by atoms with Gasteiger partial charge in [-0.1, -0.05) is 26.2 Å². The summed E-state index contributed by atoms with van der Waals surface area (Å²) in [5, 5.41) is 3.03. The Morgan fingerprint density at radius 1 is 1.12 bits per heavy atom. The Kier molecular flexibility index (Phi) is 6.79. The third kappa shape index (κ3) is 4.51. The first kappa shape index (κ1) is 19.5. The minimum Gasteiger partial charge on any atom is -0.378 e. The number of hydrogen-bond donors (Lipinski definition) is 1. The molecule has 0 aromatic heterocycles. The second-order valence-corrected chi connectivity index (χ2v) is 8.26. The summed E-state index contributed by atoms with van der Waals surface area (Å²) in [4.78, 5) is 29.0. The Hall–Kier alpha value is -1.30. The highest BCUT2D eigenvalue weighted by Gasteiger charge is 2.47.